The molecule has 0 unspecified atom stereocenters. The summed E-state index contributed by atoms with van der Waals surface area (Å²) in [6.45, 7) is 5.69. The molecule has 142 valence electrons. The van der Waals surface area contributed by atoms with E-state index >= 15 is 0 Å². The van der Waals surface area contributed by atoms with Gasteiger partial charge in [0.15, 0.2) is 0 Å². The molecule has 0 spiro atoms. The highest BCUT2D eigenvalue weighted by Gasteiger charge is 2.31. The molecule has 9 heteroatoms. The Morgan fingerprint density at radius 2 is 1.50 bits per heavy atom. The molecule has 0 bridgehead atoms. The molecule has 26 heavy (non-hydrogen) atoms. The molecular weight excluding hydrogens is 369 g/mol. The molecule has 0 saturated carbocycles. The predicted octanol–water partition coefficient (Wildman–Crippen LogP) is 4.23. The summed E-state index contributed by atoms with van der Waals surface area (Å²) in [4.78, 5) is 1.94. The van der Waals surface area contributed by atoms with E-state index < -0.39 is 22.1 Å². The molecule has 0 heterocycles. The van der Waals surface area contributed by atoms with Gasteiger partial charge in [0.1, 0.15) is 5.75 Å². The fourth-order valence-electron chi connectivity index (χ4n) is 2.36. The van der Waals surface area contributed by atoms with Crippen molar-refractivity contribution in [3.8, 4) is 5.75 Å². The van der Waals surface area contributed by atoms with Crippen molar-refractivity contribution in [2.45, 2.75) is 25.1 Å². The van der Waals surface area contributed by atoms with Crippen LogP contribution in [0.1, 0.15) is 13.8 Å². The number of hydrogen-bond acceptors (Lipinski definition) is 4. The average molecular weight is 388 g/mol. The zero-order valence-electron chi connectivity index (χ0n) is 14.2. The van der Waals surface area contributed by atoms with E-state index in [2.05, 4.69) is 14.4 Å². The molecule has 0 atom stereocenters. The normalized spacial score (nSPS) is 11.9. The minimum atomic E-state index is -4.83. The lowest BCUT2D eigenvalue weighted by atomic mass is 10.2. The van der Waals surface area contributed by atoms with Gasteiger partial charge >= 0.3 is 6.36 Å². The summed E-state index contributed by atoms with van der Waals surface area (Å²) in [6.07, 6.45) is -4.83. The van der Waals surface area contributed by atoms with Gasteiger partial charge in [-0.15, -0.1) is 13.2 Å². The third kappa shape index (κ3) is 5.29. The number of nitrogens with one attached hydrogen (secondary N) is 1. The Bertz CT molecular complexity index is 816. The van der Waals surface area contributed by atoms with E-state index in [4.69, 9.17) is 0 Å². The third-order valence-electron chi connectivity index (χ3n) is 3.62. The Balaban J connectivity index is 2.13. The van der Waals surface area contributed by atoms with Crippen LogP contribution in [-0.2, 0) is 10.0 Å². The van der Waals surface area contributed by atoms with Gasteiger partial charge in [-0.25, -0.2) is 8.42 Å². The number of rotatable bonds is 7. The van der Waals surface area contributed by atoms with E-state index in [0.29, 0.717) is 5.69 Å². The van der Waals surface area contributed by atoms with Crippen LogP contribution in [0, 0.1) is 0 Å². The molecule has 0 radical (unpaired) electrons. The Kier molecular flexibility index (Phi) is 6.01. The fourth-order valence-corrected chi connectivity index (χ4v) is 3.42. The van der Waals surface area contributed by atoms with Crippen molar-refractivity contribution < 1.29 is 26.3 Å². The Morgan fingerprint density at radius 1 is 0.962 bits per heavy atom. The quantitative estimate of drug-likeness (QED) is 0.771. The minimum absolute atomic E-state index is 0.167. The molecule has 2 rings (SSSR count). The van der Waals surface area contributed by atoms with Crippen molar-refractivity contribution in [2.24, 2.45) is 0 Å². The monoisotopic (exact) mass is 388 g/mol. The maximum Gasteiger partial charge on any atom is 0.573 e. The average Bonchev–Trinajstić information content (AvgIpc) is 2.56. The zero-order valence-corrected chi connectivity index (χ0v) is 15.1. The van der Waals surface area contributed by atoms with Gasteiger partial charge in [0.05, 0.1) is 4.90 Å². The number of nitrogens with zero attached hydrogens (tertiary/aromatic N) is 1. The fraction of sp³-hybridized carbons (Fsp3) is 0.294. The van der Waals surface area contributed by atoms with Crippen molar-refractivity contribution >= 4 is 21.4 Å². The van der Waals surface area contributed by atoms with E-state index in [9.17, 15) is 21.6 Å². The van der Waals surface area contributed by atoms with Crippen LogP contribution in [0.5, 0.6) is 5.75 Å². The van der Waals surface area contributed by atoms with E-state index in [1.165, 1.54) is 0 Å². The van der Waals surface area contributed by atoms with Gasteiger partial charge < -0.3 is 9.64 Å². The first-order valence-electron chi connectivity index (χ1n) is 7.88. The second-order valence-electron chi connectivity index (χ2n) is 5.34. The van der Waals surface area contributed by atoms with Gasteiger partial charge in [0.25, 0.3) is 10.0 Å². The minimum Gasteiger partial charge on any atom is -0.406 e. The molecule has 5 nitrogen and oxygen atoms in total. The van der Waals surface area contributed by atoms with E-state index in [1.807, 2.05) is 13.8 Å². The van der Waals surface area contributed by atoms with Crippen LogP contribution in [0.4, 0.5) is 24.5 Å². The van der Waals surface area contributed by atoms with Crippen molar-refractivity contribution in [2.75, 3.05) is 22.7 Å². The summed E-state index contributed by atoms with van der Waals surface area (Å²) in [5.74, 6) is -0.486. The lowest BCUT2D eigenvalue weighted by molar-refractivity contribution is -0.274. The highest BCUT2D eigenvalue weighted by molar-refractivity contribution is 7.92. The zero-order chi connectivity index (χ0) is 19.4. The van der Waals surface area contributed by atoms with Crippen LogP contribution in [-0.4, -0.2) is 27.9 Å². The predicted molar refractivity (Wildman–Crippen MR) is 93.9 cm³/mol. The number of sulfonamides is 1. The third-order valence-corrected chi connectivity index (χ3v) is 5.01. The first-order valence-corrected chi connectivity index (χ1v) is 9.36. The van der Waals surface area contributed by atoms with Gasteiger partial charge in [-0.2, -0.15) is 0 Å². The van der Waals surface area contributed by atoms with Crippen LogP contribution in [0.3, 0.4) is 0 Å². The number of anilines is 2. The molecule has 0 aromatic heterocycles. The topological polar surface area (TPSA) is 58.6 Å². The number of benzene rings is 2. The molecular formula is C17H19F3N2O3S. The van der Waals surface area contributed by atoms with Crippen LogP contribution in [0.15, 0.2) is 53.4 Å². The second-order valence-corrected chi connectivity index (χ2v) is 7.03. The number of halogens is 3. The van der Waals surface area contributed by atoms with Gasteiger partial charge in [-0.1, -0.05) is 0 Å². The molecule has 0 aliphatic heterocycles. The summed E-state index contributed by atoms with van der Waals surface area (Å²) >= 11 is 0. The molecule has 0 amide bonds. The summed E-state index contributed by atoms with van der Waals surface area (Å²) in [5.41, 5.74) is 1.32. The number of alkyl halides is 3. The standard InChI is InChI=1S/C17H19F3N2O3S/c1-3-22(4-2)14-7-5-13(6-8-14)21-26(23,24)16-11-9-15(10-12-16)25-17(18,19)20/h5-12,21H,3-4H2,1-2H3. The maximum absolute atomic E-state index is 12.3. The lowest BCUT2D eigenvalue weighted by Gasteiger charge is -2.21. The van der Waals surface area contributed by atoms with Crippen LogP contribution < -0.4 is 14.4 Å². The highest BCUT2D eigenvalue weighted by Crippen LogP contribution is 2.25. The highest BCUT2D eigenvalue weighted by atomic mass is 32.2. The van der Waals surface area contributed by atoms with Crippen molar-refractivity contribution in [3.63, 3.8) is 0 Å². The van der Waals surface area contributed by atoms with E-state index in [-0.39, 0.29) is 4.90 Å². The molecule has 2 aromatic carbocycles. The number of hydrogen-bond donors (Lipinski definition) is 1. The largest absolute Gasteiger partial charge is 0.573 e. The molecule has 0 aliphatic carbocycles. The first kappa shape index (κ1) is 19.9. The summed E-state index contributed by atoms with van der Waals surface area (Å²) in [6, 6.07) is 10.9. The summed E-state index contributed by atoms with van der Waals surface area (Å²) in [7, 11) is -3.92. The van der Waals surface area contributed by atoms with Gasteiger partial charge in [-0.3, -0.25) is 4.72 Å². The van der Waals surface area contributed by atoms with E-state index in [0.717, 1.165) is 43.0 Å². The summed E-state index contributed by atoms with van der Waals surface area (Å²) in [5, 5.41) is 0. The Morgan fingerprint density at radius 3 is 1.96 bits per heavy atom. The molecule has 1 N–H and O–H groups in total. The SMILES string of the molecule is CCN(CC)c1ccc(NS(=O)(=O)c2ccc(OC(F)(F)F)cc2)cc1. The molecule has 0 fully saturated rings. The van der Waals surface area contributed by atoms with Crippen LogP contribution in [0.2, 0.25) is 0 Å². The first-order chi connectivity index (χ1) is 12.1. The smallest absolute Gasteiger partial charge is 0.406 e. The van der Waals surface area contributed by atoms with Crippen LogP contribution >= 0.6 is 0 Å². The van der Waals surface area contributed by atoms with Crippen molar-refractivity contribution in [1.82, 2.24) is 0 Å². The molecule has 0 aliphatic rings. The Hall–Kier alpha value is -2.42. The Labute approximate surface area is 150 Å². The van der Waals surface area contributed by atoms with Gasteiger partial charge in [-0.05, 0) is 62.4 Å². The van der Waals surface area contributed by atoms with Gasteiger partial charge in [0.2, 0.25) is 0 Å². The molecule has 2 aromatic rings. The second kappa shape index (κ2) is 7.86. The maximum atomic E-state index is 12.3. The number of ether oxygens (including phenoxy) is 1. The van der Waals surface area contributed by atoms with Gasteiger partial charge in [0, 0.05) is 24.5 Å². The van der Waals surface area contributed by atoms with Crippen LogP contribution in [0.25, 0.3) is 0 Å². The molecule has 0 saturated heterocycles. The van der Waals surface area contributed by atoms with Crippen molar-refractivity contribution in [3.05, 3.63) is 48.5 Å². The lowest BCUT2D eigenvalue weighted by Crippen LogP contribution is -2.21. The van der Waals surface area contributed by atoms with E-state index in [1.54, 1.807) is 24.3 Å². The van der Waals surface area contributed by atoms with Crippen molar-refractivity contribution in [1.29, 1.82) is 0 Å². The summed E-state index contributed by atoms with van der Waals surface area (Å²) < 4.78 is 67.3.